The molecule has 0 saturated carbocycles. The van der Waals surface area contributed by atoms with E-state index in [4.69, 9.17) is 16.7 Å². The van der Waals surface area contributed by atoms with E-state index in [0.717, 1.165) is 12.3 Å². The summed E-state index contributed by atoms with van der Waals surface area (Å²) in [6.45, 7) is 0. The highest BCUT2D eigenvalue weighted by Gasteiger charge is 2.03. The van der Waals surface area contributed by atoms with Gasteiger partial charge < -0.3 is 5.11 Å². The minimum atomic E-state index is -1.12. The second kappa shape index (κ2) is 4.00. The lowest BCUT2D eigenvalue weighted by molar-refractivity contribution is -0.131. The summed E-state index contributed by atoms with van der Waals surface area (Å²) in [6.07, 6.45) is 4.29. The van der Waals surface area contributed by atoms with Gasteiger partial charge in [-0.15, -0.1) is 0 Å². The van der Waals surface area contributed by atoms with E-state index >= 15 is 0 Å². The molecule has 68 valence electrons. The Hall–Kier alpha value is -1.42. The van der Waals surface area contributed by atoms with E-state index in [0.29, 0.717) is 0 Å². The molecule has 0 aliphatic carbocycles. The molecule has 0 spiro atoms. The van der Waals surface area contributed by atoms with Gasteiger partial charge >= 0.3 is 5.97 Å². The molecule has 0 aromatic carbocycles. The lowest BCUT2D eigenvalue weighted by Gasteiger charge is -1.96. The molecule has 1 heterocycles. The lowest BCUT2D eigenvalue weighted by atomic mass is 10.2. The van der Waals surface area contributed by atoms with Crippen LogP contribution in [0.4, 0.5) is 4.39 Å². The van der Waals surface area contributed by atoms with Crippen LogP contribution in [-0.2, 0) is 4.79 Å². The van der Waals surface area contributed by atoms with Crippen molar-refractivity contribution in [1.82, 2.24) is 4.98 Å². The Kier molecular flexibility index (Phi) is 2.97. The summed E-state index contributed by atoms with van der Waals surface area (Å²) < 4.78 is 12.7. The number of pyridine rings is 1. The zero-order valence-electron chi connectivity index (χ0n) is 6.37. The third kappa shape index (κ3) is 2.52. The Bertz CT molecular complexity index is 365. The topological polar surface area (TPSA) is 50.2 Å². The molecule has 0 aliphatic heterocycles. The van der Waals surface area contributed by atoms with Crippen molar-refractivity contribution in [2.24, 2.45) is 0 Å². The number of halogens is 2. The molecule has 3 nitrogen and oxygen atoms in total. The van der Waals surface area contributed by atoms with Gasteiger partial charge in [-0.25, -0.2) is 9.18 Å². The Morgan fingerprint density at radius 1 is 1.62 bits per heavy atom. The van der Waals surface area contributed by atoms with Crippen molar-refractivity contribution in [3.05, 3.63) is 34.9 Å². The van der Waals surface area contributed by atoms with Crippen LogP contribution in [0.5, 0.6) is 0 Å². The number of carboxylic acid groups (broad SMARTS) is 1. The molecule has 0 aliphatic rings. The smallest absolute Gasteiger partial charge is 0.328 e. The maximum absolute atomic E-state index is 12.7. The largest absolute Gasteiger partial charge is 0.478 e. The fourth-order valence-electron chi connectivity index (χ4n) is 0.712. The Labute approximate surface area is 78.5 Å². The van der Waals surface area contributed by atoms with Crippen molar-refractivity contribution in [2.45, 2.75) is 0 Å². The van der Waals surface area contributed by atoms with Crippen molar-refractivity contribution in [2.75, 3.05) is 0 Å². The third-order valence-electron chi connectivity index (χ3n) is 1.27. The van der Waals surface area contributed by atoms with Crippen LogP contribution >= 0.6 is 11.6 Å². The fourth-order valence-corrected chi connectivity index (χ4v) is 0.872. The number of aromatic nitrogens is 1. The summed E-state index contributed by atoms with van der Waals surface area (Å²) >= 11 is 5.52. The van der Waals surface area contributed by atoms with E-state index in [1.807, 2.05) is 0 Å². The molecule has 5 heteroatoms. The molecule has 1 N–H and O–H groups in total. The van der Waals surface area contributed by atoms with Crippen molar-refractivity contribution in [3.63, 3.8) is 0 Å². The minimum Gasteiger partial charge on any atom is -0.478 e. The summed E-state index contributed by atoms with van der Waals surface area (Å²) in [4.78, 5) is 13.6. The van der Waals surface area contributed by atoms with Gasteiger partial charge in [0, 0.05) is 17.8 Å². The van der Waals surface area contributed by atoms with Gasteiger partial charge in [-0.1, -0.05) is 11.6 Å². The fraction of sp³-hybridized carbons (Fsp3) is 0. The molecule has 0 fully saturated rings. The van der Waals surface area contributed by atoms with Crippen LogP contribution in [0, 0.1) is 5.82 Å². The van der Waals surface area contributed by atoms with Gasteiger partial charge in [0.15, 0.2) is 5.82 Å². The Morgan fingerprint density at radius 3 is 2.92 bits per heavy atom. The first-order chi connectivity index (χ1) is 6.11. The molecular weight excluding hydrogens is 197 g/mol. The maximum Gasteiger partial charge on any atom is 0.328 e. The summed E-state index contributed by atoms with van der Waals surface area (Å²) in [7, 11) is 0. The first-order valence-corrected chi connectivity index (χ1v) is 3.69. The summed E-state index contributed by atoms with van der Waals surface area (Å²) in [5.41, 5.74) is 0.240. The quantitative estimate of drug-likeness (QED) is 0.745. The second-order valence-electron chi connectivity index (χ2n) is 2.20. The standard InChI is InChI=1S/C8H5ClFNO2/c9-8-5(1-2-7(12)13)3-11-4-6(8)10/h1-4H,(H,12,13). The Morgan fingerprint density at radius 2 is 2.31 bits per heavy atom. The van der Waals surface area contributed by atoms with Crippen LogP contribution in [0.1, 0.15) is 5.56 Å². The molecule has 0 bridgehead atoms. The molecule has 1 rings (SSSR count). The van der Waals surface area contributed by atoms with Crippen molar-refractivity contribution in [1.29, 1.82) is 0 Å². The van der Waals surface area contributed by atoms with Crippen LogP contribution in [0.3, 0.4) is 0 Å². The predicted octanol–water partition coefficient (Wildman–Crippen LogP) is 1.97. The van der Waals surface area contributed by atoms with Gasteiger partial charge in [0.05, 0.1) is 11.2 Å². The highest BCUT2D eigenvalue weighted by atomic mass is 35.5. The van der Waals surface area contributed by atoms with E-state index in [1.54, 1.807) is 0 Å². The van der Waals surface area contributed by atoms with Crippen molar-refractivity contribution in [3.8, 4) is 0 Å². The van der Waals surface area contributed by atoms with Crippen LogP contribution in [0.2, 0.25) is 5.02 Å². The van der Waals surface area contributed by atoms with E-state index in [9.17, 15) is 9.18 Å². The summed E-state index contributed by atoms with van der Waals surface area (Å²) in [5.74, 6) is -1.80. The van der Waals surface area contributed by atoms with E-state index < -0.39 is 11.8 Å². The number of carbonyl (C=O) groups is 1. The summed E-state index contributed by atoms with van der Waals surface area (Å²) in [6, 6.07) is 0. The van der Waals surface area contributed by atoms with Gasteiger partial charge in [0.2, 0.25) is 0 Å². The molecule has 0 atom stereocenters. The van der Waals surface area contributed by atoms with E-state index in [2.05, 4.69) is 4.98 Å². The van der Waals surface area contributed by atoms with Gasteiger partial charge in [-0.2, -0.15) is 0 Å². The highest BCUT2D eigenvalue weighted by Crippen LogP contribution is 2.19. The number of hydrogen-bond donors (Lipinski definition) is 1. The van der Waals surface area contributed by atoms with Crippen LogP contribution in [0.15, 0.2) is 18.5 Å². The first kappa shape index (κ1) is 9.67. The minimum absolute atomic E-state index is 0.132. The number of carboxylic acids is 1. The molecule has 13 heavy (non-hydrogen) atoms. The van der Waals surface area contributed by atoms with Crippen LogP contribution in [0.25, 0.3) is 6.08 Å². The lowest BCUT2D eigenvalue weighted by Crippen LogP contribution is -1.88. The van der Waals surface area contributed by atoms with Crippen LogP contribution < -0.4 is 0 Å². The third-order valence-corrected chi connectivity index (χ3v) is 1.67. The normalized spacial score (nSPS) is 10.6. The highest BCUT2D eigenvalue weighted by molar-refractivity contribution is 6.32. The second-order valence-corrected chi connectivity index (χ2v) is 2.57. The SMILES string of the molecule is O=C(O)C=Cc1cncc(F)c1Cl. The van der Waals surface area contributed by atoms with Gasteiger partial charge in [-0.3, -0.25) is 4.98 Å². The molecule has 0 radical (unpaired) electrons. The van der Waals surface area contributed by atoms with Crippen molar-refractivity contribution >= 4 is 23.6 Å². The average molecular weight is 202 g/mol. The molecule has 0 unspecified atom stereocenters. The molecule has 1 aromatic rings. The van der Waals surface area contributed by atoms with Crippen LogP contribution in [-0.4, -0.2) is 16.1 Å². The molecule has 0 amide bonds. The van der Waals surface area contributed by atoms with Gasteiger partial charge in [-0.05, 0) is 6.08 Å². The van der Waals surface area contributed by atoms with Gasteiger partial charge in [0.1, 0.15) is 0 Å². The number of aliphatic carboxylic acids is 1. The first-order valence-electron chi connectivity index (χ1n) is 3.31. The monoisotopic (exact) mass is 201 g/mol. The Balaban J connectivity index is 3.02. The summed E-state index contributed by atoms with van der Waals surface area (Å²) in [5, 5.41) is 8.16. The number of hydrogen-bond acceptors (Lipinski definition) is 2. The van der Waals surface area contributed by atoms with Crippen molar-refractivity contribution < 1.29 is 14.3 Å². The maximum atomic E-state index is 12.7. The average Bonchev–Trinajstić information content (AvgIpc) is 2.07. The van der Waals surface area contributed by atoms with E-state index in [1.165, 1.54) is 12.3 Å². The zero-order chi connectivity index (χ0) is 9.84. The van der Waals surface area contributed by atoms with Gasteiger partial charge in [0.25, 0.3) is 0 Å². The molecular formula is C8H5ClFNO2. The van der Waals surface area contributed by atoms with E-state index in [-0.39, 0.29) is 10.6 Å². The predicted molar refractivity (Wildman–Crippen MR) is 45.9 cm³/mol. The molecule has 1 aromatic heterocycles. The molecule has 0 saturated heterocycles. The number of rotatable bonds is 2. The zero-order valence-corrected chi connectivity index (χ0v) is 7.12. The number of nitrogens with zero attached hydrogens (tertiary/aromatic N) is 1.